The fourth-order valence-electron chi connectivity index (χ4n) is 2.37. The van der Waals surface area contributed by atoms with Crippen LogP contribution in [0.5, 0.6) is 0 Å². The fraction of sp³-hybridized carbons (Fsp3) is 0.235. The van der Waals surface area contributed by atoms with Gasteiger partial charge >= 0.3 is 5.97 Å². The Labute approximate surface area is 137 Å². The van der Waals surface area contributed by atoms with Crippen molar-refractivity contribution in [3.05, 3.63) is 69.2 Å². The normalized spacial score (nSPS) is 11.0. The highest BCUT2D eigenvalue weighted by atomic mass is 16.5. The Balaban J connectivity index is 1.80. The molecule has 0 amide bonds. The van der Waals surface area contributed by atoms with Crippen LogP contribution in [0.2, 0.25) is 0 Å². The van der Waals surface area contributed by atoms with E-state index in [0.717, 1.165) is 5.56 Å². The van der Waals surface area contributed by atoms with Gasteiger partial charge in [-0.2, -0.15) is 0 Å². The Kier molecular flexibility index (Phi) is 4.18. The minimum absolute atomic E-state index is 0.127. The number of pyridine rings is 1. The minimum Gasteiger partial charge on any atom is -0.463 e. The van der Waals surface area contributed by atoms with Crippen molar-refractivity contribution in [1.82, 2.24) is 9.38 Å². The van der Waals surface area contributed by atoms with Crippen molar-refractivity contribution in [1.29, 1.82) is 0 Å². The standard InChI is InChI=1S/C17H16N2O5/c1-10-3-4-15-18-12(5-16(21)19(15)7-10)9-23-17(22)14-6-13(8-20)24-11(14)2/h3-7,20H,8-9H2,1-2H3. The highest BCUT2D eigenvalue weighted by Crippen LogP contribution is 2.16. The molecule has 0 aromatic carbocycles. The quantitative estimate of drug-likeness (QED) is 0.733. The van der Waals surface area contributed by atoms with Crippen LogP contribution in [0.1, 0.15) is 33.1 Å². The van der Waals surface area contributed by atoms with E-state index in [9.17, 15) is 9.59 Å². The molecule has 0 spiro atoms. The first-order valence-corrected chi connectivity index (χ1v) is 7.34. The topological polar surface area (TPSA) is 94.0 Å². The number of aromatic nitrogens is 2. The largest absolute Gasteiger partial charge is 0.463 e. The molecule has 0 aliphatic heterocycles. The first kappa shape index (κ1) is 15.9. The summed E-state index contributed by atoms with van der Waals surface area (Å²) in [5.41, 5.74) is 1.80. The summed E-state index contributed by atoms with van der Waals surface area (Å²) >= 11 is 0. The number of hydrogen-bond donors (Lipinski definition) is 1. The summed E-state index contributed by atoms with van der Waals surface area (Å²) in [5, 5.41) is 9.02. The molecular formula is C17H16N2O5. The molecule has 0 atom stereocenters. The molecule has 0 saturated carbocycles. The number of carbonyl (C=O) groups is 1. The second-order valence-electron chi connectivity index (χ2n) is 5.44. The molecule has 0 aliphatic carbocycles. The molecule has 124 valence electrons. The van der Waals surface area contributed by atoms with E-state index < -0.39 is 5.97 Å². The number of esters is 1. The van der Waals surface area contributed by atoms with Crippen LogP contribution in [0.4, 0.5) is 0 Å². The second-order valence-corrected chi connectivity index (χ2v) is 5.44. The molecule has 7 heteroatoms. The zero-order valence-corrected chi connectivity index (χ0v) is 13.3. The van der Waals surface area contributed by atoms with Gasteiger partial charge in [-0.25, -0.2) is 9.78 Å². The Morgan fingerprint density at radius 1 is 1.33 bits per heavy atom. The maximum atomic E-state index is 12.1. The van der Waals surface area contributed by atoms with Gasteiger partial charge in [0.25, 0.3) is 5.56 Å². The molecule has 0 aliphatic rings. The molecule has 3 aromatic heterocycles. The molecule has 0 saturated heterocycles. The lowest BCUT2D eigenvalue weighted by molar-refractivity contribution is 0.0465. The zero-order valence-electron chi connectivity index (χ0n) is 13.3. The van der Waals surface area contributed by atoms with Crippen molar-refractivity contribution in [2.75, 3.05) is 0 Å². The Hall–Kier alpha value is -2.93. The van der Waals surface area contributed by atoms with Crippen LogP contribution in [-0.4, -0.2) is 20.5 Å². The molecule has 3 heterocycles. The summed E-state index contributed by atoms with van der Waals surface area (Å²) in [6, 6.07) is 6.35. The molecule has 0 radical (unpaired) electrons. The summed E-state index contributed by atoms with van der Waals surface area (Å²) < 4.78 is 11.8. The summed E-state index contributed by atoms with van der Waals surface area (Å²) in [6.45, 7) is 3.07. The van der Waals surface area contributed by atoms with E-state index in [1.807, 2.05) is 13.0 Å². The Morgan fingerprint density at radius 2 is 2.12 bits per heavy atom. The van der Waals surface area contributed by atoms with Crippen LogP contribution in [0.3, 0.4) is 0 Å². The van der Waals surface area contributed by atoms with E-state index in [1.165, 1.54) is 16.5 Å². The van der Waals surface area contributed by atoms with Gasteiger partial charge in [0.05, 0.1) is 5.69 Å². The maximum absolute atomic E-state index is 12.1. The van der Waals surface area contributed by atoms with E-state index in [1.54, 1.807) is 19.2 Å². The molecule has 0 bridgehead atoms. The van der Waals surface area contributed by atoms with E-state index >= 15 is 0 Å². The van der Waals surface area contributed by atoms with Crippen LogP contribution in [-0.2, 0) is 18.0 Å². The molecule has 0 unspecified atom stereocenters. The lowest BCUT2D eigenvalue weighted by Crippen LogP contribution is -2.17. The van der Waals surface area contributed by atoms with Crippen LogP contribution in [0.15, 0.2) is 39.7 Å². The van der Waals surface area contributed by atoms with Crippen molar-refractivity contribution < 1.29 is 19.1 Å². The van der Waals surface area contributed by atoms with Crippen LogP contribution in [0, 0.1) is 13.8 Å². The van der Waals surface area contributed by atoms with Gasteiger partial charge in [0.15, 0.2) is 0 Å². The molecule has 7 nitrogen and oxygen atoms in total. The number of nitrogens with zero attached hydrogens (tertiary/aromatic N) is 2. The lowest BCUT2D eigenvalue weighted by atomic mass is 10.2. The average Bonchev–Trinajstić information content (AvgIpc) is 2.94. The SMILES string of the molecule is Cc1ccc2nc(COC(=O)c3cc(CO)oc3C)cc(=O)n2c1. The van der Waals surface area contributed by atoms with Gasteiger partial charge in [-0.1, -0.05) is 6.07 Å². The van der Waals surface area contributed by atoms with Crippen LogP contribution in [0.25, 0.3) is 5.65 Å². The van der Waals surface area contributed by atoms with Crippen LogP contribution < -0.4 is 5.56 Å². The predicted octanol–water partition coefficient (Wildman–Crippen LogP) is 1.75. The number of furan rings is 1. The Bertz CT molecular complexity index is 971. The minimum atomic E-state index is -0.596. The van der Waals surface area contributed by atoms with Crippen molar-refractivity contribution in [3.63, 3.8) is 0 Å². The Morgan fingerprint density at radius 3 is 2.83 bits per heavy atom. The average molecular weight is 328 g/mol. The lowest BCUT2D eigenvalue weighted by Gasteiger charge is -2.06. The third-order valence-electron chi connectivity index (χ3n) is 3.56. The summed E-state index contributed by atoms with van der Waals surface area (Å²) in [5.74, 6) is 0.0600. The number of aliphatic hydroxyl groups excluding tert-OH is 1. The van der Waals surface area contributed by atoms with Gasteiger partial charge in [-0.15, -0.1) is 0 Å². The van der Waals surface area contributed by atoms with Crippen molar-refractivity contribution in [3.8, 4) is 0 Å². The number of fused-ring (bicyclic) bond motifs is 1. The molecular weight excluding hydrogens is 312 g/mol. The zero-order chi connectivity index (χ0) is 17.3. The number of aryl methyl sites for hydroxylation is 2. The molecule has 1 N–H and O–H groups in total. The molecule has 3 aromatic rings. The highest BCUT2D eigenvalue weighted by molar-refractivity contribution is 5.90. The van der Waals surface area contributed by atoms with Gasteiger partial charge < -0.3 is 14.3 Å². The third-order valence-corrected chi connectivity index (χ3v) is 3.56. The smallest absolute Gasteiger partial charge is 0.342 e. The number of rotatable bonds is 4. The molecule has 0 fully saturated rings. The van der Waals surface area contributed by atoms with E-state index in [4.69, 9.17) is 14.3 Å². The third kappa shape index (κ3) is 3.07. The summed E-state index contributed by atoms with van der Waals surface area (Å²) in [6.07, 6.45) is 1.70. The highest BCUT2D eigenvalue weighted by Gasteiger charge is 2.16. The van der Waals surface area contributed by atoms with Gasteiger partial charge in [0.1, 0.15) is 35.9 Å². The maximum Gasteiger partial charge on any atom is 0.342 e. The van der Waals surface area contributed by atoms with Crippen molar-refractivity contribution >= 4 is 11.6 Å². The first-order valence-electron chi connectivity index (χ1n) is 7.34. The number of ether oxygens (including phenoxy) is 1. The summed E-state index contributed by atoms with van der Waals surface area (Å²) in [7, 11) is 0. The molecule has 24 heavy (non-hydrogen) atoms. The van der Waals surface area contributed by atoms with Gasteiger partial charge in [-0.3, -0.25) is 9.20 Å². The fourth-order valence-corrected chi connectivity index (χ4v) is 2.37. The van der Waals surface area contributed by atoms with Gasteiger partial charge in [0, 0.05) is 12.3 Å². The predicted molar refractivity (Wildman–Crippen MR) is 84.7 cm³/mol. The van der Waals surface area contributed by atoms with E-state index in [-0.39, 0.29) is 30.1 Å². The number of hydrogen-bond acceptors (Lipinski definition) is 6. The summed E-state index contributed by atoms with van der Waals surface area (Å²) in [4.78, 5) is 28.5. The van der Waals surface area contributed by atoms with Gasteiger partial charge in [-0.05, 0) is 31.5 Å². The van der Waals surface area contributed by atoms with Crippen LogP contribution >= 0.6 is 0 Å². The van der Waals surface area contributed by atoms with E-state index in [2.05, 4.69) is 4.98 Å². The van der Waals surface area contributed by atoms with Gasteiger partial charge in [0.2, 0.25) is 0 Å². The number of aliphatic hydroxyl groups is 1. The van der Waals surface area contributed by atoms with E-state index in [0.29, 0.717) is 17.1 Å². The van der Waals surface area contributed by atoms with Crippen molar-refractivity contribution in [2.45, 2.75) is 27.1 Å². The monoisotopic (exact) mass is 328 g/mol. The first-order chi connectivity index (χ1) is 11.5. The van der Waals surface area contributed by atoms with Crippen molar-refractivity contribution in [2.24, 2.45) is 0 Å². The number of carbonyl (C=O) groups excluding carboxylic acids is 1. The second kappa shape index (κ2) is 6.29. The molecule has 3 rings (SSSR count).